The van der Waals surface area contributed by atoms with Crippen molar-refractivity contribution >= 4 is 40.3 Å². The Bertz CT molecular complexity index is 1170. The average Bonchev–Trinajstić information content (AvgIpc) is 3.17. The first-order valence-electron chi connectivity index (χ1n) is 9.89. The van der Waals surface area contributed by atoms with Crippen LogP contribution in [0.1, 0.15) is 12.5 Å². The van der Waals surface area contributed by atoms with Crippen molar-refractivity contribution in [2.45, 2.75) is 29.8 Å². The Kier molecular flexibility index (Phi) is 7.50. The number of aromatic nitrogens is 1. The highest BCUT2D eigenvalue weighted by molar-refractivity contribution is 8.00. The standard InChI is InChI=1S/C22H20F3N5O2S/c1-2-30(13-26)20(31)19(11-14-12-27-18-6-4-3-5-17(14)18)29-21(32)28-15-7-9-16(10-8-15)33-22(23,24)25/h3-10,12,19,27H,2,11H2,1H3,(H2,28,29,32). The first kappa shape index (κ1) is 24.0. The number of halogens is 3. The van der Waals surface area contributed by atoms with Gasteiger partial charge in [0.15, 0.2) is 6.19 Å². The molecule has 0 bridgehead atoms. The van der Waals surface area contributed by atoms with E-state index in [1.807, 2.05) is 24.3 Å². The van der Waals surface area contributed by atoms with Crippen LogP contribution in [-0.4, -0.2) is 39.9 Å². The predicted molar refractivity (Wildman–Crippen MR) is 119 cm³/mol. The van der Waals surface area contributed by atoms with E-state index in [2.05, 4.69) is 15.6 Å². The SMILES string of the molecule is CCN(C#N)C(=O)C(Cc1c[nH]c2ccccc12)NC(=O)Nc1ccc(SC(F)(F)F)cc1. The number of urea groups is 1. The van der Waals surface area contributed by atoms with E-state index in [0.29, 0.717) is 0 Å². The Morgan fingerprint density at radius 1 is 1.18 bits per heavy atom. The van der Waals surface area contributed by atoms with Crippen molar-refractivity contribution < 1.29 is 22.8 Å². The summed E-state index contributed by atoms with van der Waals surface area (Å²) >= 11 is -0.258. The van der Waals surface area contributed by atoms with Crippen LogP contribution in [0.4, 0.5) is 23.7 Å². The minimum absolute atomic E-state index is 0.0199. The lowest BCUT2D eigenvalue weighted by Crippen LogP contribution is -2.49. The summed E-state index contributed by atoms with van der Waals surface area (Å²) < 4.78 is 37.4. The molecule has 33 heavy (non-hydrogen) atoms. The fourth-order valence-electron chi connectivity index (χ4n) is 3.25. The maximum absolute atomic E-state index is 12.9. The second-order valence-electron chi connectivity index (χ2n) is 6.97. The molecular formula is C22H20F3N5O2S. The van der Waals surface area contributed by atoms with Crippen LogP contribution in [0.25, 0.3) is 10.9 Å². The van der Waals surface area contributed by atoms with Crippen LogP contribution < -0.4 is 10.6 Å². The second-order valence-corrected chi connectivity index (χ2v) is 8.11. The maximum Gasteiger partial charge on any atom is 0.446 e. The number of fused-ring (bicyclic) bond motifs is 1. The van der Waals surface area contributed by atoms with Gasteiger partial charge in [-0.3, -0.25) is 4.79 Å². The summed E-state index contributed by atoms with van der Waals surface area (Å²) in [7, 11) is 0. The van der Waals surface area contributed by atoms with Gasteiger partial charge in [0.1, 0.15) is 6.04 Å². The fraction of sp³-hybridized carbons (Fsp3) is 0.227. The first-order chi connectivity index (χ1) is 15.7. The normalized spacial score (nSPS) is 12.1. The molecule has 11 heteroatoms. The van der Waals surface area contributed by atoms with Gasteiger partial charge in [0.2, 0.25) is 0 Å². The van der Waals surface area contributed by atoms with E-state index in [9.17, 15) is 28.0 Å². The fourth-order valence-corrected chi connectivity index (χ4v) is 3.79. The molecule has 0 fully saturated rings. The zero-order valence-electron chi connectivity index (χ0n) is 17.4. The predicted octanol–water partition coefficient (Wildman–Crippen LogP) is 4.84. The number of benzene rings is 2. The molecule has 1 atom stereocenters. The third-order valence-corrected chi connectivity index (χ3v) is 5.49. The topological polar surface area (TPSA) is 101 Å². The highest BCUT2D eigenvalue weighted by Gasteiger charge is 2.29. The molecule has 0 saturated heterocycles. The van der Waals surface area contributed by atoms with Crippen LogP contribution in [0.5, 0.6) is 0 Å². The van der Waals surface area contributed by atoms with E-state index in [-0.39, 0.29) is 35.3 Å². The minimum atomic E-state index is -4.41. The zero-order valence-corrected chi connectivity index (χ0v) is 18.3. The zero-order chi connectivity index (χ0) is 24.0. The number of likely N-dealkylation sites (N-methyl/N-ethyl adjacent to an activating group) is 1. The van der Waals surface area contributed by atoms with E-state index >= 15 is 0 Å². The summed E-state index contributed by atoms with van der Waals surface area (Å²) in [6, 6.07) is 10.8. The lowest BCUT2D eigenvalue weighted by Gasteiger charge is -2.22. The molecule has 0 aliphatic heterocycles. The third-order valence-electron chi connectivity index (χ3n) is 4.75. The van der Waals surface area contributed by atoms with Gasteiger partial charge in [-0.2, -0.15) is 18.4 Å². The Morgan fingerprint density at radius 2 is 1.88 bits per heavy atom. The number of rotatable bonds is 7. The van der Waals surface area contributed by atoms with Crippen LogP contribution in [-0.2, 0) is 11.2 Å². The molecule has 1 aromatic heterocycles. The van der Waals surface area contributed by atoms with Crippen LogP contribution in [0, 0.1) is 11.5 Å². The van der Waals surface area contributed by atoms with E-state index in [4.69, 9.17) is 0 Å². The third kappa shape index (κ3) is 6.43. The number of carbonyl (C=O) groups is 2. The van der Waals surface area contributed by atoms with Crippen LogP contribution >= 0.6 is 11.8 Å². The number of nitriles is 1. The molecule has 3 amide bonds. The van der Waals surface area contributed by atoms with E-state index in [1.165, 1.54) is 24.3 Å². The number of hydrogen-bond acceptors (Lipinski definition) is 4. The number of nitrogens with zero attached hydrogens (tertiary/aromatic N) is 2. The summed E-state index contributed by atoms with van der Waals surface area (Å²) in [4.78, 5) is 29.5. The number of para-hydroxylation sites is 1. The van der Waals surface area contributed by atoms with Crippen LogP contribution in [0.15, 0.2) is 59.6 Å². The molecule has 1 heterocycles. The monoisotopic (exact) mass is 475 g/mol. The molecule has 172 valence electrons. The van der Waals surface area contributed by atoms with Gasteiger partial charge in [0.05, 0.1) is 0 Å². The second kappa shape index (κ2) is 10.3. The molecule has 3 aromatic rings. The van der Waals surface area contributed by atoms with E-state index in [0.717, 1.165) is 21.4 Å². The summed E-state index contributed by atoms with van der Waals surface area (Å²) in [5.41, 5.74) is -2.50. The molecule has 0 radical (unpaired) electrons. The number of alkyl halides is 3. The van der Waals surface area contributed by atoms with Crippen molar-refractivity contribution in [3.8, 4) is 6.19 Å². The molecule has 0 aliphatic rings. The number of anilines is 1. The molecule has 0 aliphatic carbocycles. The Hall–Kier alpha value is -3.65. The summed E-state index contributed by atoms with van der Waals surface area (Å²) in [5, 5.41) is 15.2. The highest BCUT2D eigenvalue weighted by Crippen LogP contribution is 2.37. The number of amides is 3. The molecule has 1 unspecified atom stereocenters. The van der Waals surface area contributed by atoms with Crippen LogP contribution in [0.2, 0.25) is 0 Å². The molecular weight excluding hydrogens is 455 g/mol. The number of hydrogen-bond donors (Lipinski definition) is 3. The number of carbonyl (C=O) groups excluding carboxylic acids is 2. The van der Waals surface area contributed by atoms with E-state index < -0.39 is 23.5 Å². The van der Waals surface area contributed by atoms with Crippen molar-refractivity contribution in [2.24, 2.45) is 0 Å². The molecule has 3 rings (SSSR count). The van der Waals surface area contributed by atoms with Gasteiger partial charge >= 0.3 is 11.5 Å². The van der Waals surface area contributed by atoms with Crippen LogP contribution in [0.3, 0.4) is 0 Å². The summed E-state index contributed by atoms with van der Waals surface area (Å²) in [6.07, 6.45) is 3.68. The van der Waals surface area contributed by atoms with Gasteiger partial charge in [0, 0.05) is 40.6 Å². The van der Waals surface area contributed by atoms with Gasteiger partial charge < -0.3 is 15.6 Å². The van der Waals surface area contributed by atoms with Gasteiger partial charge in [-0.25, -0.2) is 9.69 Å². The van der Waals surface area contributed by atoms with Crippen molar-refractivity contribution in [1.29, 1.82) is 5.26 Å². The highest BCUT2D eigenvalue weighted by atomic mass is 32.2. The van der Waals surface area contributed by atoms with Crippen molar-refractivity contribution in [2.75, 3.05) is 11.9 Å². The van der Waals surface area contributed by atoms with Crippen molar-refractivity contribution in [1.82, 2.24) is 15.2 Å². The van der Waals surface area contributed by atoms with Crippen molar-refractivity contribution in [3.63, 3.8) is 0 Å². The number of aromatic amines is 1. The number of H-pyrrole nitrogens is 1. The number of nitrogens with one attached hydrogen (secondary N) is 3. The summed E-state index contributed by atoms with van der Waals surface area (Å²) in [6.45, 7) is 1.78. The van der Waals surface area contributed by atoms with Gasteiger partial charge in [-0.05, 0) is 54.6 Å². The average molecular weight is 475 g/mol. The molecule has 3 N–H and O–H groups in total. The maximum atomic E-state index is 12.9. The number of thioether (sulfide) groups is 1. The quantitative estimate of drug-likeness (QED) is 0.259. The molecule has 0 spiro atoms. The van der Waals surface area contributed by atoms with Crippen molar-refractivity contribution in [3.05, 3.63) is 60.3 Å². The van der Waals surface area contributed by atoms with Gasteiger partial charge in [-0.15, -0.1) is 0 Å². The Balaban J connectivity index is 1.74. The molecule has 7 nitrogen and oxygen atoms in total. The lowest BCUT2D eigenvalue weighted by atomic mass is 10.0. The lowest BCUT2D eigenvalue weighted by molar-refractivity contribution is -0.129. The first-order valence-corrected chi connectivity index (χ1v) is 10.7. The van der Waals surface area contributed by atoms with Gasteiger partial charge in [-0.1, -0.05) is 18.2 Å². The molecule has 0 saturated carbocycles. The smallest absolute Gasteiger partial charge is 0.361 e. The summed E-state index contributed by atoms with van der Waals surface area (Å²) in [5.74, 6) is -0.572. The van der Waals surface area contributed by atoms with E-state index in [1.54, 1.807) is 19.3 Å². The molecule has 2 aromatic carbocycles. The minimum Gasteiger partial charge on any atom is -0.361 e. The van der Waals surface area contributed by atoms with Gasteiger partial charge in [0.25, 0.3) is 5.91 Å². The Morgan fingerprint density at radius 3 is 2.52 bits per heavy atom. The largest absolute Gasteiger partial charge is 0.446 e. The Labute approximate surface area is 191 Å².